The number of nitrogens with one attached hydrogen (secondary N) is 1. The fraction of sp³-hybridized carbons (Fsp3) is 0.467. The van der Waals surface area contributed by atoms with Crippen LogP contribution in [0, 0.1) is 0 Å². The van der Waals surface area contributed by atoms with E-state index in [9.17, 15) is 5.11 Å². The Bertz CT molecular complexity index is 611. The molecule has 1 aromatic carbocycles. The van der Waals surface area contributed by atoms with Gasteiger partial charge in [0.1, 0.15) is 10.0 Å². The van der Waals surface area contributed by atoms with Crippen LogP contribution in [0.25, 0.3) is 10.6 Å². The van der Waals surface area contributed by atoms with Crippen LogP contribution in [-0.4, -0.2) is 35.0 Å². The van der Waals surface area contributed by atoms with Gasteiger partial charge in [-0.2, -0.15) is 0 Å². The third kappa shape index (κ3) is 3.71. The van der Waals surface area contributed by atoms with Crippen molar-refractivity contribution in [3.05, 3.63) is 23.2 Å². The second kappa shape index (κ2) is 6.41. The van der Waals surface area contributed by atoms with Crippen LogP contribution in [0.1, 0.15) is 24.3 Å². The molecular formula is C15H19N3O2S. The fourth-order valence-corrected chi connectivity index (χ4v) is 3.01. The van der Waals surface area contributed by atoms with Gasteiger partial charge < -0.3 is 15.2 Å². The fourth-order valence-electron chi connectivity index (χ4n) is 2.13. The van der Waals surface area contributed by atoms with E-state index < -0.39 is 0 Å². The zero-order valence-corrected chi connectivity index (χ0v) is 12.8. The van der Waals surface area contributed by atoms with E-state index in [2.05, 4.69) is 15.5 Å². The smallest absolute Gasteiger partial charge is 0.160 e. The van der Waals surface area contributed by atoms with Gasteiger partial charge in [0.2, 0.25) is 0 Å². The number of hydrogen-bond acceptors (Lipinski definition) is 6. The summed E-state index contributed by atoms with van der Waals surface area (Å²) in [6.07, 6.45) is 4.67. The number of rotatable bonds is 7. The predicted molar refractivity (Wildman–Crippen MR) is 82.9 cm³/mol. The minimum atomic E-state index is 0.125. The van der Waals surface area contributed by atoms with Gasteiger partial charge >= 0.3 is 0 Å². The quantitative estimate of drug-likeness (QED) is 0.770. The zero-order chi connectivity index (χ0) is 14.7. The number of phenols is 1. The molecular weight excluding hydrogens is 286 g/mol. The van der Waals surface area contributed by atoms with Crippen molar-refractivity contribution in [3.63, 3.8) is 0 Å². The molecule has 0 radical (unpaired) electrons. The van der Waals surface area contributed by atoms with E-state index in [0.29, 0.717) is 5.75 Å². The summed E-state index contributed by atoms with van der Waals surface area (Å²) >= 11 is 1.58. The summed E-state index contributed by atoms with van der Waals surface area (Å²) in [6.45, 7) is 1.04. The van der Waals surface area contributed by atoms with Crippen molar-refractivity contribution in [2.24, 2.45) is 0 Å². The lowest BCUT2D eigenvalue weighted by Crippen LogP contribution is -2.17. The van der Waals surface area contributed by atoms with Crippen LogP contribution in [0.3, 0.4) is 0 Å². The first-order valence-electron chi connectivity index (χ1n) is 7.19. The normalized spacial score (nSPS) is 14.3. The average molecular weight is 305 g/mol. The lowest BCUT2D eigenvalue weighted by Gasteiger charge is -2.03. The number of aromatic nitrogens is 2. The summed E-state index contributed by atoms with van der Waals surface area (Å²) in [7, 11) is 1.54. The second-order valence-corrected chi connectivity index (χ2v) is 6.28. The van der Waals surface area contributed by atoms with E-state index in [4.69, 9.17) is 4.74 Å². The van der Waals surface area contributed by atoms with Crippen molar-refractivity contribution in [1.29, 1.82) is 0 Å². The third-order valence-electron chi connectivity index (χ3n) is 3.47. The Kier molecular flexibility index (Phi) is 4.36. The number of phenolic OH excluding ortho intramolecular Hbond substituents is 1. The molecule has 0 bridgehead atoms. The van der Waals surface area contributed by atoms with Crippen molar-refractivity contribution in [2.45, 2.75) is 31.7 Å². The van der Waals surface area contributed by atoms with Crippen molar-refractivity contribution >= 4 is 11.3 Å². The van der Waals surface area contributed by atoms with Gasteiger partial charge in [0.25, 0.3) is 0 Å². The molecule has 0 unspecified atom stereocenters. The van der Waals surface area contributed by atoms with Crippen LogP contribution in [0.15, 0.2) is 18.2 Å². The summed E-state index contributed by atoms with van der Waals surface area (Å²) in [5, 5.41) is 23.6. The summed E-state index contributed by atoms with van der Waals surface area (Å²) in [6, 6.07) is 6.05. The van der Waals surface area contributed by atoms with Crippen LogP contribution in [-0.2, 0) is 6.42 Å². The molecule has 112 valence electrons. The Morgan fingerprint density at radius 3 is 2.95 bits per heavy atom. The maximum Gasteiger partial charge on any atom is 0.160 e. The van der Waals surface area contributed by atoms with Gasteiger partial charge in [0, 0.05) is 18.0 Å². The molecule has 2 N–H and O–H groups in total. The van der Waals surface area contributed by atoms with E-state index in [1.807, 2.05) is 6.07 Å². The highest BCUT2D eigenvalue weighted by molar-refractivity contribution is 7.14. The first-order valence-corrected chi connectivity index (χ1v) is 8.01. The van der Waals surface area contributed by atoms with E-state index >= 15 is 0 Å². The molecule has 1 aliphatic carbocycles. The van der Waals surface area contributed by atoms with Crippen LogP contribution in [0.4, 0.5) is 0 Å². The number of methoxy groups -OCH3 is 1. The Morgan fingerprint density at radius 2 is 2.24 bits per heavy atom. The number of aromatic hydroxyl groups is 1. The lowest BCUT2D eigenvalue weighted by molar-refractivity contribution is 0.373. The molecule has 0 amide bonds. The van der Waals surface area contributed by atoms with Gasteiger partial charge in [-0.15, -0.1) is 10.2 Å². The topological polar surface area (TPSA) is 67.3 Å². The zero-order valence-electron chi connectivity index (χ0n) is 12.0. The lowest BCUT2D eigenvalue weighted by atomic mass is 10.2. The summed E-state index contributed by atoms with van der Waals surface area (Å²) in [5.41, 5.74) is 0.869. The van der Waals surface area contributed by atoms with Crippen LogP contribution >= 0.6 is 11.3 Å². The molecule has 2 aromatic rings. The van der Waals surface area contributed by atoms with E-state index in [1.165, 1.54) is 20.0 Å². The van der Waals surface area contributed by atoms with Gasteiger partial charge in [0.15, 0.2) is 11.5 Å². The standard InChI is InChI=1S/C15H19N3O2S/c1-20-13-7-4-10(9-12(13)19)15-18-17-14(21-15)3-2-8-16-11-5-6-11/h4,7,9,11,16,19H,2-3,5-6,8H2,1H3. The van der Waals surface area contributed by atoms with E-state index in [-0.39, 0.29) is 5.75 Å². The molecule has 1 aromatic heterocycles. The first-order chi connectivity index (χ1) is 10.3. The number of ether oxygens (including phenoxy) is 1. The molecule has 1 fully saturated rings. The number of hydrogen-bond donors (Lipinski definition) is 2. The van der Waals surface area contributed by atoms with Crippen molar-refractivity contribution < 1.29 is 9.84 Å². The molecule has 0 saturated heterocycles. The van der Waals surface area contributed by atoms with Crippen LogP contribution in [0.2, 0.25) is 0 Å². The molecule has 0 atom stereocenters. The Hall–Kier alpha value is -1.66. The van der Waals surface area contributed by atoms with Gasteiger partial charge in [-0.05, 0) is 44.0 Å². The summed E-state index contributed by atoms with van der Waals surface area (Å²) in [5.74, 6) is 0.593. The molecule has 1 heterocycles. The second-order valence-electron chi connectivity index (χ2n) is 5.22. The number of nitrogens with zero attached hydrogens (tertiary/aromatic N) is 2. The first kappa shape index (κ1) is 14.3. The number of benzene rings is 1. The number of aryl methyl sites for hydroxylation is 1. The Labute approximate surface area is 128 Å². The Balaban J connectivity index is 1.59. The highest BCUT2D eigenvalue weighted by Gasteiger charge is 2.19. The molecule has 6 heteroatoms. The molecule has 1 saturated carbocycles. The molecule has 21 heavy (non-hydrogen) atoms. The van der Waals surface area contributed by atoms with Gasteiger partial charge in [-0.25, -0.2) is 0 Å². The maximum atomic E-state index is 9.81. The molecule has 3 rings (SSSR count). The van der Waals surface area contributed by atoms with Crippen molar-refractivity contribution in [2.75, 3.05) is 13.7 Å². The van der Waals surface area contributed by atoms with Crippen LogP contribution in [0.5, 0.6) is 11.5 Å². The van der Waals surface area contributed by atoms with E-state index in [1.54, 1.807) is 23.5 Å². The third-order valence-corrected chi connectivity index (χ3v) is 4.50. The Morgan fingerprint density at radius 1 is 1.38 bits per heavy atom. The maximum absolute atomic E-state index is 9.81. The molecule has 5 nitrogen and oxygen atoms in total. The SMILES string of the molecule is COc1ccc(-c2nnc(CCCNC3CC3)s2)cc1O. The highest BCUT2D eigenvalue weighted by Crippen LogP contribution is 2.32. The van der Waals surface area contributed by atoms with E-state index in [0.717, 1.165) is 41.0 Å². The molecule has 0 aliphatic heterocycles. The minimum absolute atomic E-state index is 0.125. The predicted octanol–water partition coefficient (Wildman–Crippen LogP) is 2.60. The van der Waals surface area contributed by atoms with Crippen molar-refractivity contribution in [1.82, 2.24) is 15.5 Å². The molecule has 1 aliphatic rings. The minimum Gasteiger partial charge on any atom is -0.504 e. The summed E-state index contributed by atoms with van der Waals surface area (Å²) < 4.78 is 5.04. The average Bonchev–Trinajstić information content (AvgIpc) is 3.20. The van der Waals surface area contributed by atoms with Gasteiger partial charge in [0.05, 0.1) is 7.11 Å². The van der Waals surface area contributed by atoms with Gasteiger partial charge in [-0.3, -0.25) is 0 Å². The molecule has 0 spiro atoms. The van der Waals surface area contributed by atoms with Gasteiger partial charge in [-0.1, -0.05) is 11.3 Å². The highest BCUT2D eigenvalue weighted by atomic mass is 32.1. The van der Waals surface area contributed by atoms with Crippen molar-refractivity contribution in [3.8, 4) is 22.1 Å². The largest absolute Gasteiger partial charge is 0.504 e. The summed E-state index contributed by atoms with van der Waals surface area (Å²) in [4.78, 5) is 0. The monoisotopic (exact) mass is 305 g/mol. The van der Waals surface area contributed by atoms with Crippen LogP contribution < -0.4 is 10.1 Å².